The standard InChI is InChI=1S/C17H20O3S/c1-5-11-6-7-13(12(10-11)17(2,3)4)20-15-9-8-14(21-15)16(18)19/h6-10H,5H2,1-4H3,(H,18,19). The highest BCUT2D eigenvalue weighted by atomic mass is 32.1. The molecule has 1 heterocycles. The number of hydrogen-bond acceptors (Lipinski definition) is 3. The molecule has 21 heavy (non-hydrogen) atoms. The Morgan fingerprint density at radius 2 is 1.95 bits per heavy atom. The van der Waals surface area contributed by atoms with Gasteiger partial charge in [0.1, 0.15) is 10.6 Å². The van der Waals surface area contributed by atoms with Crippen molar-refractivity contribution < 1.29 is 14.6 Å². The summed E-state index contributed by atoms with van der Waals surface area (Å²) in [5.74, 6) is -0.134. The van der Waals surface area contributed by atoms with Crippen LogP contribution in [0.5, 0.6) is 10.8 Å². The summed E-state index contributed by atoms with van der Waals surface area (Å²) in [5, 5.41) is 9.57. The molecule has 0 bridgehead atoms. The molecule has 0 amide bonds. The van der Waals surface area contributed by atoms with Crippen LogP contribution in [0.1, 0.15) is 48.5 Å². The first kappa shape index (κ1) is 15.6. The van der Waals surface area contributed by atoms with Gasteiger partial charge in [0, 0.05) is 5.56 Å². The summed E-state index contributed by atoms with van der Waals surface area (Å²) in [6, 6.07) is 9.46. The normalized spacial score (nSPS) is 11.4. The Hall–Kier alpha value is -1.81. The Bertz CT molecular complexity index is 650. The molecule has 1 aromatic carbocycles. The Labute approximate surface area is 129 Å². The number of thiophene rings is 1. The van der Waals surface area contributed by atoms with E-state index in [4.69, 9.17) is 9.84 Å². The van der Waals surface area contributed by atoms with Gasteiger partial charge in [0.25, 0.3) is 0 Å². The smallest absolute Gasteiger partial charge is 0.345 e. The van der Waals surface area contributed by atoms with Gasteiger partial charge in [-0.05, 0) is 35.6 Å². The molecular weight excluding hydrogens is 284 g/mol. The predicted molar refractivity (Wildman–Crippen MR) is 85.9 cm³/mol. The van der Waals surface area contributed by atoms with E-state index in [-0.39, 0.29) is 10.3 Å². The Kier molecular flexibility index (Phi) is 4.37. The van der Waals surface area contributed by atoms with Gasteiger partial charge in [-0.1, -0.05) is 51.2 Å². The molecule has 0 atom stereocenters. The number of aromatic carboxylic acids is 1. The summed E-state index contributed by atoms with van der Waals surface area (Å²) in [6.45, 7) is 8.56. The van der Waals surface area contributed by atoms with Gasteiger partial charge in [-0.25, -0.2) is 4.79 Å². The van der Waals surface area contributed by atoms with Gasteiger partial charge in [-0.3, -0.25) is 0 Å². The molecule has 0 aliphatic rings. The molecule has 3 nitrogen and oxygen atoms in total. The Morgan fingerprint density at radius 3 is 2.48 bits per heavy atom. The van der Waals surface area contributed by atoms with E-state index in [1.54, 1.807) is 12.1 Å². The summed E-state index contributed by atoms with van der Waals surface area (Å²) < 4.78 is 5.92. The van der Waals surface area contributed by atoms with Crippen LogP contribution in [0.15, 0.2) is 30.3 Å². The number of carbonyl (C=O) groups is 1. The lowest BCUT2D eigenvalue weighted by molar-refractivity contribution is 0.0702. The van der Waals surface area contributed by atoms with Crippen LogP contribution in [0.25, 0.3) is 0 Å². The van der Waals surface area contributed by atoms with Gasteiger partial charge < -0.3 is 9.84 Å². The third-order valence-corrected chi connectivity index (χ3v) is 4.21. The molecule has 0 saturated heterocycles. The van der Waals surface area contributed by atoms with Crippen molar-refractivity contribution in [2.24, 2.45) is 0 Å². The van der Waals surface area contributed by atoms with Crippen molar-refractivity contribution in [1.82, 2.24) is 0 Å². The number of rotatable bonds is 4. The van der Waals surface area contributed by atoms with E-state index in [1.807, 2.05) is 6.07 Å². The van der Waals surface area contributed by atoms with Crippen molar-refractivity contribution in [3.8, 4) is 10.8 Å². The third kappa shape index (κ3) is 3.64. The summed E-state index contributed by atoms with van der Waals surface area (Å²) in [4.78, 5) is 11.2. The molecule has 0 saturated carbocycles. The maximum Gasteiger partial charge on any atom is 0.345 e. The van der Waals surface area contributed by atoms with Crippen LogP contribution in [-0.4, -0.2) is 11.1 Å². The van der Waals surface area contributed by atoms with Gasteiger partial charge >= 0.3 is 5.97 Å². The lowest BCUT2D eigenvalue weighted by atomic mass is 9.85. The topological polar surface area (TPSA) is 46.5 Å². The lowest BCUT2D eigenvalue weighted by Crippen LogP contribution is -2.13. The van der Waals surface area contributed by atoms with E-state index >= 15 is 0 Å². The van der Waals surface area contributed by atoms with E-state index in [0.717, 1.165) is 29.1 Å². The van der Waals surface area contributed by atoms with Crippen molar-refractivity contribution in [3.05, 3.63) is 46.3 Å². The van der Waals surface area contributed by atoms with Crippen molar-refractivity contribution in [2.45, 2.75) is 39.5 Å². The number of hydrogen-bond donors (Lipinski definition) is 1. The maximum atomic E-state index is 10.9. The van der Waals surface area contributed by atoms with Gasteiger partial charge in [-0.2, -0.15) is 0 Å². The van der Waals surface area contributed by atoms with E-state index in [9.17, 15) is 4.79 Å². The van der Waals surface area contributed by atoms with Crippen LogP contribution in [0.3, 0.4) is 0 Å². The van der Waals surface area contributed by atoms with Gasteiger partial charge in [0.05, 0.1) is 0 Å². The predicted octanol–water partition coefficient (Wildman–Crippen LogP) is 5.10. The minimum absolute atomic E-state index is 0.0343. The highest BCUT2D eigenvalue weighted by molar-refractivity contribution is 7.15. The maximum absolute atomic E-state index is 10.9. The third-order valence-electron chi connectivity index (χ3n) is 3.26. The largest absolute Gasteiger partial charge is 0.477 e. The van der Waals surface area contributed by atoms with Crippen LogP contribution in [0.2, 0.25) is 0 Å². The van der Waals surface area contributed by atoms with Gasteiger partial charge in [0.15, 0.2) is 5.06 Å². The molecule has 112 valence electrons. The number of carboxylic acids is 1. The van der Waals surface area contributed by atoms with E-state index in [1.165, 1.54) is 5.56 Å². The van der Waals surface area contributed by atoms with Crippen LogP contribution < -0.4 is 4.74 Å². The van der Waals surface area contributed by atoms with Crippen molar-refractivity contribution in [3.63, 3.8) is 0 Å². The number of carboxylic acid groups (broad SMARTS) is 1. The summed E-state index contributed by atoms with van der Waals surface area (Å²) in [6.07, 6.45) is 0.978. The number of ether oxygens (including phenoxy) is 1. The molecule has 0 aliphatic carbocycles. The fraction of sp³-hybridized carbons (Fsp3) is 0.353. The second-order valence-corrected chi connectivity index (χ2v) is 7.01. The van der Waals surface area contributed by atoms with E-state index < -0.39 is 5.97 Å². The monoisotopic (exact) mass is 304 g/mol. The molecule has 0 aliphatic heterocycles. The minimum atomic E-state index is -0.924. The van der Waals surface area contributed by atoms with Gasteiger partial charge in [0.2, 0.25) is 0 Å². The average Bonchev–Trinajstić information content (AvgIpc) is 2.86. The minimum Gasteiger partial charge on any atom is -0.477 e. The zero-order chi connectivity index (χ0) is 15.6. The number of aryl methyl sites for hydroxylation is 1. The second-order valence-electron chi connectivity index (χ2n) is 5.96. The first-order valence-electron chi connectivity index (χ1n) is 6.95. The number of benzene rings is 1. The summed E-state index contributed by atoms with van der Waals surface area (Å²) >= 11 is 1.14. The Morgan fingerprint density at radius 1 is 1.24 bits per heavy atom. The second kappa shape index (κ2) is 5.90. The summed E-state index contributed by atoms with van der Waals surface area (Å²) in [7, 11) is 0. The molecule has 1 N–H and O–H groups in total. The lowest BCUT2D eigenvalue weighted by Gasteiger charge is -2.23. The van der Waals surface area contributed by atoms with Crippen LogP contribution >= 0.6 is 11.3 Å². The molecule has 2 rings (SSSR count). The van der Waals surface area contributed by atoms with Crippen molar-refractivity contribution in [1.29, 1.82) is 0 Å². The molecule has 0 unspecified atom stereocenters. The van der Waals surface area contributed by atoms with Crippen molar-refractivity contribution in [2.75, 3.05) is 0 Å². The highest BCUT2D eigenvalue weighted by Gasteiger charge is 2.20. The molecule has 1 aromatic heterocycles. The van der Waals surface area contributed by atoms with Crippen molar-refractivity contribution >= 4 is 17.3 Å². The van der Waals surface area contributed by atoms with Crippen LogP contribution in [0.4, 0.5) is 0 Å². The summed E-state index contributed by atoms with van der Waals surface area (Å²) in [5.41, 5.74) is 2.37. The highest BCUT2D eigenvalue weighted by Crippen LogP contribution is 2.37. The van der Waals surface area contributed by atoms with E-state index in [2.05, 4.69) is 39.8 Å². The molecule has 4 heteroatoms. The molecule has 0 fully saturated rings. The fourth-order valence-electron chi connectivity index (χ4n) is 2.07. The zero-order valence-electron chi connectivity index (χ0n) is 12.8. The fourth-order valence-corrected chi connectivity index (χ4v) is 2.78. The Balaban J connectivity index is 2.36. The van der Waals surface area contributed by atoms with Crippen LogP contribution in [0, 0.1) is 0 Å². The first-order chi connectivity index (χ1) is 9.81. The van der Waals surface area contributed by atoms with E-state index in [0.29, 0.717) is 5.06 Å². The molecule has 2 aromatic rings. The molecular formula is C17H20O3S. The van der Waals surface area contributed by atoms with Crippen LogP contribution in [-0.2, 0) is 11.8 Å². The van der Waals surface area contributed by atoms with Gasteiger partial charge in [-0.15, -0.1) is 0 Å². The zero-order valence-corrected chi connectivity index (χ0v) is 13.6. The molecule has 0 spiro atoms. The average molecular weight is 304 g/mol. The first-order valence-corrected chi connectivity index (χ1v) is 7.77. The SMILES string of the molecule is CCc1ccc(Oc2ccc(C(=O)O)s2)c(C(C)(C)C)c1. The quantitative estimate of drug-likeness (QED) is 0.855. The molecule has 0 radical (unpaired) electrons.